The largest absolute Gasteiger partial charge is 0.497 e. The van der Waals surface area contributed by atoms with Gasteiger partial charge in [0.2, 0.25) is 0 Å². The summed E-state index contributed by atoms with van der Waals surface area (Å²) in [6.45, 7) is 6.28. The topological polar surface area (TPSA) is 47.3 Å². The average molecular weight is 270 g/mol. The SMILES string of the molecule is COc1ccc(C(NN)c2cc(C)ccc2C)c(C)c1. The van der Waals surface area contributed by atoms with Gasteiger partial charge in [-0.25, -0.2) is 5.43 Å². The van der Waals surface area contributed by atoms with Crippen LogP contribution in [0.3, 0.4) is 0 Å². The number of nitrogens with one attached hydrogen (secondary N) is 1. The zero-order chi connectivity index (χ0) is 14.7. The summed E-state index contributed by atoms with van der Waals surface area (Å²) in [4.78, 5) is 0. The van der Waals surface area contributed by atoms with Gasteiger partial charge in [-0.15, -0.1) is 0 Å². The van der Waals surface area contributed by atoms with Gasteiger partial charge in [0.1, 0.15) is 5.75 Å². The normalized spacial score (nSPS) is 12.2. The first-order chi connectivity index (χ1) is 9.56. The standard InChI is InChI=1S/C17H22N2O/c1-11-5-6-12(2)16(9-11)17(19-18)15-8-7-14(20-4)10-13(15)3/h5-10,17,19H,18H2,1-4H3. The summed E-state index contributed by atoms with van der Waals surface area (Å²) >= 11 is 0. The lowest BCUT2D eigenvalue weighted by Crippen LogP contribution is -2.30. The second-order valence-corrected chi connectivity index (χ2v) is 5.18. The molecule has 20 heavy (non-hydrogen) atoms. The van der Waals surface area contributed by atoms with Crippen molar-refractivity contribution in [2.45, 2.75) is 26.8 Å². The smallest absolute Gasteiger partial charge is 0.119 e. The number of hydrogen-bond acceptors (Lipinski definition) is 3. The molecule has 1 atom stereocenters. The van der Waals surface area contributed by atoms with E-state index in [1.807, 2.05) is 12.1 Å². The van der Waals surface area contributed by atoms with E-state index in [9.17, 15) is 0 Å². The lowest BCUT2D eigenvalue weighted by Gasteiger charge is -2.22. The molecule has 0 heterocycles. The van der Waals surface area contributed by atoms with Gasteiger partial charge in [0, 0.05) is 0 Å². The van der Waals surface area contributed by atoms with Crippen LogP contribution in [0.1, 0.15) is 33.9 Å². The van der Waals surface area contributed by atoms with Crippen molar-refractivity contribution >= 4 is 0 Å². The van der Waals surface area contributed by atoms with Gasteiger partial charge in [0.15, 0.2) is 0 Å². The highest BCUT2D eigenvalue weighted by atomic mass is 16.5. The molecule has 3 N–H and O–H groups in total. The van der Waals surface area contributed by atoms with Crippen LogP contribution in [0.15, 0.2) is 36.4 Å². The van der Waals surface area contributed by atoms with Gasteiger partial charge >= 0.3 is 0 Å². The molecule has 2 aromatic carbocycles. The molecule has 0 aliphatic carbocycles. The minimum atomic E-state index is -0.0131. The number of hydrogen-bond donors (Lipinski definition) is 2. The van der Waals surface area contributed by atoms with Crippen molar-refractivity contribution in [3.05, 3.63) is 64.2 Å². The van der Waals surface area contributed by atoms with Crippen LogP contribution in [-0.4, -0.2) is 7.11 Å². The number of rotatable bonds is 4. The lowest BCUT2D eigenvalue weighted by atomic mass is 9.91. The monoisotopic (exact) mass is 270 g/mol. The zero-order valence-corrected chi connectivity index (χ0v) is 12.5. The number of nitrogens with two attached hydrogens (primary N) is 1. The highest BCUT2D eigenvalue weighted by Crippen LogP contribution is 2.29. The van der Waals surface area contributed by atoms with Crippen molar-refractivity contribution in [1.82, 2.24) is 5.43 Å². The van der Waals surface area contributed by atoms with E-state index in [4.69, 9.17) is 10.6 Å². The Balaban J connectivity index is 2.49. The maximum absolute atomic E-state index is 5.81. The molecular formula is C17H22N2O. The van der Waals surface area contributed by atoms with Gasteiger partial charge < -0.3 is 4.74 Å². The van der Waals surface area contributed by atoms with Gasteiger partial charge in [-0.05, 0) is 55.2 Å². The average Bonchev–Trinajstić information content (AvgIpc) is 2.44. The first-order valence-electron chi connectivity index (χ1n) is 6.74. The Kier molecular flexibility index (Phi) is 4.42. The second-order valence-electron chi connectivity index (χ2n) is 5.18. The maximum Gasteiger partial charge on any atom is 0.119 e. The van der Waals surface area contributed by atoms with Gasteiger partial charge in [-0.2, -0.15) is 0 Å². The van der Waals surface area contributed by atoms with Gasteiger partial charge in [0.25, 0.3) is 0 Å². The van der Waals surface area contributed by atoms with Gasteiger partial charge in [-0.3, -0.25) is 5.84 Å². The van der Waals surface area contributed by atoms with Crippen molar-refractivity contribution in [3.8, 4) is 5.75 Å². The highest BCUT2D eigenvalue weighted by Gasteiger charge is 2.17. The second kappa shape index (κ2) is 6.07. The van der Waals surface area contributed by atoms with E-state index in [1.54, 1.807) is 7.11 Å². The van der Waals surface area contributed by atoms with Gasteiger partial charge in [-0.1, -0.05) is 29.8 Å². The number of benzene rings is 2. The molecule has 0 aliphatic heterocycles. The first-order valence-corrected chi connectivity index (χ1v) is 6.74. The quantitative estimate of drug-likeness (QED) is 0.662. The van der Waals surface area contributed by atoms with Crippen LogP contribution in [0.5, 0.6) is 5.75 Å². The van der Waals surface area contributed by atoms with E-state index >= 15 is 0 Å². The molecule has 0 amide bonds. The molecule has 2 aromatic rings. The molecule has 3 heteroatoms. The molecule has 0 saturated heterocycles. The van der Waals surface area contributed by atoms with Gasteiger partial charge in [0.05, 0.1) is 13.2 Å². The fraction of sp³-hybridized carbons (Fsp3) is 0.294. The summed E-state index contributed by atoms with van der Waals surface area (Å²) in [5, 5.41) is 0. The number of ether oxygens (including phenoxy) is 1. The Labute approximate surface area is 120 Å². The lowest BCUT2D eigenvalue weighted by molar-refractivity contribution is 0.414. The van der Waals surface area contributed by atoms with Crippen LogP contribution < -0.4 is 16.0 Å². The van der Waals surface area contributed by atoms with E-state index in [1.165, 1.54) is 22.3 Å². The minimum absolute atomic E-state index is 0.0131. The third kappa shape index (κ3) is 2.84. The zero-order valence-electron chi connectivity index (χ0n) is 12.5. The summed E-state index contributed by atoms with van der Waals surface area (Å²) in [6, 6.07) is 12.5. The van der Waals surface area contributed by atoms with E-state index in [0.29, 0.717) is 0 Å². The van der Waals surface area contributed by atoms with Crippen molar-refractivity contribution in [2.75, 3.05) is 7.11 Å². The fourth-order valence-electron chi connectivity index (χ4n) is 2.52. The van der Waals surface area contributed by atoms with Crippen molar-refractivity contribution < 1.29 is 4.74 Å². The maximum atomic E-state index is 5.81. The van der Waals surface area contributed by atoms with E-state index in [0.717, 1.165) is 11.3 Å². The molecule has 1 unspecified atom stereocenters. The highest BCUT2D eigenvalue weighted by molar-refractivity contribution is 5.44. The third-order valence-electron chi connectivity index (χ3n) is 3.70. The predicted octanol–water partition coefficient (Wildman–Crippen LogP) is 3.17. The molecule has 0 saturated carbocycles. The predicted molar refractivity (Wildman–Crippen MR) is 82.8 cm³/mol. The van der Waals surface area contributed by atoms with Crippen LogP contribution in [-0.2, 0) is 0 Å². The van der Waals surface area contributed by atoms with Crippen LogP contribution in [0.4, 0.5) is 0 Å². The van der Waals surface area contributed by atoms with Crippen LogP contribution >= 0.6 is 0 Å². The van der Waals surface area contributed by atoms with Crippen molar-refractivity contribution in [2.24, 2.45) is 5.84 Å². The summed E-state index contributed by atoms with van der Waals surface area (Å²) in [7, 11) is 1.68. The number of methoxy groups -OCH3 is 1. The number of aryl methyl sites for hydroxylation is 3. The Morgan fingerprint density at radius 1 is 0.950 bits per heavy atom. The summed E-state index contributed by atoms with van der Waals surface area (Å²) in [6.07, 6.45) is 0. The molecule has 0 fully saturated rings. The molecule has 0 radical (unpaired) electrons. The molecular weight excluding hydrogens is 248 g/mol. The molecule has 0 aliphatic rings. The summed E-state index contributed by atoms with van der Waals surface area (Å²) in [5.74, 6) is 6.68. The Morgan fingerprint density at radius 2 is 1.70 bits per heavy atom. The van der Waals surface area contributed by atoms with Crippen molar-refractivity contribution in [1.29, 1.82) is 0 Å². The Hall–Kier alpha value is -1.84. The van der Waals surface area contributed by atoms with E-state index < -0.39 is 0 Å². The molecule has 0 aromatic heterocycles. The molecule has 106 valence electrons. The minimum Gasteiger partial charge on any atom is -0.497 e. The fourth-order valence-corrected chi connectivity index (χ4v) is 2.52. The molecule has 0 bridgehead atoms. The number of hydrazine groups is 1. The van der Waals surface area contributed by atoms with Crippen LogP contribution in [0.25, 0.3) is 0 Å². The van der Waals surface area contributed by atoms with Crippen LogP contribution in [0, 0.1) is 20.8 Å². The Morgan fingerprint density at radius 3 is 2.30 bits per heavy atom. The molecule has 2 rings (SSSR count). The van der Waals surface area contributed by atoms with Crippen molar-refractivity contribution in [3.63, 3.8) is 0 Å². The summed E-state index contributed by atoms with van der Waals surface area (Å²) < 4.78 is 5.26. The third-order valence-corrected chi connectivity index (χ3v) is 3.70. The van der Waals surface area contributed by atoms with Crippen LogP contribution in [0.2, 0.25) is 0 Å². The Bertz CT molecular complexity index is 608. The first kappa shape index (κ1) is 14.6. The van der Waals surface area contributed by atoms with E-state index in [-0.39, 0.29) is 6.04 Å². The van der Waals surface area contributed by atoms with E-state index in [2.05, 4.69) is 50.5 Å². The summed E-state index contributed by atoms with van der Waals surface area (Å²) in [5.41, 5.74) is 8.94. The molecule has 0 spiro atoms. The molecule has 3 nitrogen and oxygen atoms in total.